The number of ether oxygens (including phenoxy) is 2. The van der Waals surface area contributed by atoms with Gasteiger partial charge in [-0.05, 0) is 72.4 Å². The van der Waals surface area contributed by atoms with Gasteiger partial charge in [-0.15, -0.1) is 0 Å². The number of ketones is 1. The Balaban J connectivity index is 1.27. The van der Waals surface area contributed by atoms with Crippen LogP contribution in [0.25, 0.3) is 6.08 Å². The standard InChI is InChI=1S/C34H38O8/c1-18-13-30(38)20(3)34(41-18)42-33-14-21(8-12-29(33)37)7-11-27(35)19(2)24-10-9-23(16-31(24)39)25-15-22-5-4-6-28(36)26(22)17-32(25)40/h4-12,14,16,18-20,25,30,32,34,36-40H,13,15,17H2,1-3H3/b11-7+/t18?,19?,20-,25?,30?,32?,34?/m1/s1. The number of phenols is 3. The lowest BCUT2D eigenvalue weighted by Gasteiger charge is -2.36. The van der Waals surface area contributed by atoms with Gasteiger partial charge >= 0.3 is 0 Å². The first-order valence-electron chi connectivity index (χ1n) is 14.4. The van der Waals surface area contributed by atoms with Crippen LogP contribution in [0.2, 0.25) is 0 Å². The van der Waals surface area contributed by atoms with Gasteiger partial charge in [0.1, 0.15) is 11.5 Å². The molecule has 1 aliphatic heterocycles. The molecule has 6 unspecified atom stereocenters. The Bertz CT molecular complexity index is 1480. The maximum Gasteiger partial charge on any atom is 0.205 e. The summed E-state index contributed by atoms with van der Waals surface area (Å²) in [7, 11) is 0. The summed E-state index contributed by atoms with van der Waals surface area (Å²) in [5, 5.41) is 52.4. The summed E-state index contributed by atoms with van der Waals surface area (Å²) in [6.07, 6.45) is 2.21. The van der Waals surface area contributed by atoms with Gasteiger partial charge in [0.15, 0.2) is 17.3 Å². The number of benzene rings is 3. The van der Waals surface area contributed by atoms with Crippen molar-refractivity contribution in [1.29, 1.82) is 0 Å². The van der Waals surface area contributed by atoms with Crippen molar-refractivity contribution >= 4 is 11.9 Å². The van der Waals surface area contributed by atoms with E-state index in [9.17, 15) is 30.3 Å². The molecule has 5 rings (SSSR count). The van der Waals surface area contributed by atoms with Crippen LogP contribution in [0.4, 0.5) is 0 Å². The summed E-state index contributed by atoms with van der Waals surface area (Å²) in [6, 6.07) is 15.2. The second kappa shape index (κ2) is 12.2. The number of hydrogen-bond acceptors (Lipinski definition) is 8. The highest BCUT2D eigenvalue weighted by atomic mass is 16.7. The summed E-state index contributed by atoms with van der Waals surface area (Å²) in [5.41, 5.74) is 3.59. The molecule has 8 nitrogen and oxygen atoms in total. The Morgan fingerprint density at radius 1 is 0.952 bits per heavy atom. The zero-order valence-electron chi connectivity index (χ0n) is 24.0. The number of aliphatic hydroxyl groups excluding tert-OH is 2. The van der Waals surface area contributed by atoms with Crippen molar-refractivity contribution < 1.29 is 39.8 Å². The van der Waals surface area contributed by atoms with Gasteiger partial charge in [-0.2, -0.15) is 0 Å². The topological polar surface area (TPSA) is 137 Å². The van der Waals surface area contributed by atoms with Crippen molar-refractivity contribution in [2.75, 3.05) is 0 Å². The van der Waals surface area contributed by atoms with Crippen LogP contribution in [-0.4, -0.2) is 55.9 Å². The van der Waals surface area contributed by atoms with Gasteiger partial charge in [-0.3, -0.25) is 4.79 Å². The lowest BCUT2D eigenvalue weighted by atomic mass is 9.77. The largest absolute Gasteiger partial charge is 0.508 e. The number of allylic oxidation sites excluding steroid dienone is 1. The third-order valence-electron chi connectivity index (χ3n) is 8.58. The van der Waals surface area contributed by atoms with Gasteiger partial charge in [0.05, 0.1) is 18.3 Å². The predicted molar refractivity (Wildman–Crippen MR) is 158 cm³/mol. The minimum absolute atomic E-state index is 0.0195. The summed E-state index contributed by atoms with van der Waals surface area (Å²) in [6.45, 7) is 5.40. The summed E-state index contributed by atoms with van der Waals surface area (Å²) >= 11 is 0. The van der Waals surface area contributed by atoms with Crippen LogP contribution in [0.1, 0.15) is 66.8 Å². The fourth-order valence-corrected chi connectivity index (χ4v) is 5.88. The average Bonchev–Trinajstić information content (AvgIpc) is 2.95. The average molecular weight is 575 g/mol. The second-order valence-corrected chi connectivity index (χ2v) is 11.6. The molecule has 1 aliphatic carbocycles. The maximum atomic E-state index is 13.1. The second-order valence-electron chi connectivity index (χ2n) is 11.6. The highest BCUT2D eigenvalue weighted by molar-refractivity contribution is 5.98. The first-order chi connectivity index (χ1) is 20.0. The molecule has 1 saturated heterocycles. The molecule has 0 spiro atoms. The Morgan fingerprint density at radius 3 is 2.50 bits per heavy atom. The number of hydrogen-bond donors (Lipinski definition) is 5. The lowest BCUT2D eigenvalue weighted by Crippen LogP contribution is -2.44. The van der Waals surface area contributed by atoms with Crippen molar-refractivity contribution in [3.05, 3.63) is 88.5 Å². The van der Waals surface area contributed by atoms with Crippen molar-refractivity contribution in [2.45, 2.75) is 76.5 Å². The monoisotopic (exact) mass is 574 g/mol. The molecule has 0 radical (unpaired) electrons. The zero-order chi connectivity index (χ0) is 30.1. The van der Waals surface area contributed by atoms with E-state index in [1.807, 2.05) is 26.0 Å². The summed E-state index contributed by atoms with van der Waals surface area (Å²) in [5.74, 6) is -1.11. The van der Waals surface area contributed by atoms with E-state index < -0.39 is 24.4 Å². The van der Waals surface area contributed by atoms with E-state index in [-0.39, 0.29) is 46.7 Å². The van der Waals surface area contributed by atoms with Crippen LogP contribution in [-0.2, 0) is 22.4 Å². The number of carbonyl (C=O) groups is 1. The quantitative estimate of drug-likeness (QED) is 0.250. The normalized spacial score (nSPS) is 26.5. The van der Waals surface area contributed by atoms with Gasteiger partial charge in [-0.1, -0.05) is 50.3 Å². The summed E-state index contributed by atoms with van der Waals surface area (Å²) in [4.78, 5) is 13.1. The maximum absolute atomic E-state index is 13.1. The fourth-order valence-electron chi connectivity index (χ4n) is 5.88. The zero-order valence-corrected chi connectivity index (χ0v) is 24.0. The van der Waals surface area contributed by atoms with Gasteiger partial charge in [0.25, 0.3) is 0 Å². The molecule has 3 aromatic rings. The molecule has 0 saturated carbocycles. The Hall–Kier alpha value is -3.85. The molecule has 7 atom stereocenters. The smallest absolute Gasteiger partial charge is 0.205 e. The van der Waals surface area contributed by atoms with E-state index in [2.05, 4.69) is 0 Å². The predicted octanol–water partition coefficient (Wildman–Crippen LogP) is 4.94. The Labute approximate surface area is 245 Å². The van der Waals surface area contributed by atoms with Crippen LogP contribution in [0.15, 0.2) is 60.7 Å². The van der Waals surface area contributed by atoms with Crippen LogP contribution < -0.4 is 4.74 Å². The molecule has 0 amide bonds. The molecule has 1 fully saturated rings. The number of aliphatic hydroxyl groups is 2. The van der Waals surface area contributed by atoms with Crippen LogP contribution in [0.5, 0.6) is 23.0 Å². The molecule has 3 aromatic carbocycles. The van der Waals surface area contributed by atoms with Crippen LogP contribution in [0, 0.1) is 5.92 Å². The first kappa shape index (κ1) is 29.6. The van der Waals surface area contributed by atoms with E-state index in [0.29, 0.717) is 30.4 Å². The number of rotatable bonds is 7. The number of phenolic OH excluding ortho intramolecular Hbond substituents is 3. The van der Waals surface area contributed by atoms with Crippen molar-refractivity contribution in [1.82, 2.24) is 0 Å². The fraction of sp³-hybridized carbons (Fsp3) is 0.382. The van der Waals surface area contributed by atoms with Gasteiger partial charge < -0.3 is 35.0 Å². The van der Waals surface area contributed by atoms with E-state index in [1.54, 1.807) is 49.4 Å². The molecule has 1 heterocycles. The third-order valence-corrected chi connectivity index (χ3v) is 8.58. The molecular weight excluding hydrogens is 536 g/mol. The van der Waals surface area contributed by atoms with E-state index in [1.165, 1.54) is 12.1 Å². The third kappa shape index (κ3) is 6.16. The van der Waals surface area contributed by atoms with Gasteiger partial charge in [-0.25, -0.2) is 0 Å². The van der Waals surface area contributed by atoms with E-state index in [4.69, 9.17) is 9.47 Å². The molecular formula is C34H38O8. The highest BCUT2D eigenvalue weighted by Gasteiger charge is 2.35. The number of fused-ring (bicyclic) bond motifs is 1. The SMILES string of the molecule is CC1CC(O)[C@@H](C)C(Oc2cc(/C=C/C(=O)C(C)c3ccc(C4Cc5cccc(O)c5CC4O)cc3O)ccc2O)O1. The van der Waals surface area contributed by atoms with Crippen LogP contribution >= 0.6 is 0 Å². The van der Waals surface area contributed by atoms with Crippen LogP contribution in [0.3, 0.4) is 0 Å². The van der Waals surface area contributed by atoms with Gasteiger partial charge in [0, 0.05) is 29.7 Å². The van der Waals surface area contributed by atoms with Gasteiger partial charge in [0.2, 0.25) is 6.29 Å². The molecule has 0 aromatic heterocycles. The number of carbonyl (C=O) groups excluding carboxylic acids is 1. The van der Waals surface area contributed by atoms with Crippen molar-refractivity contribution in [2.24, 2.45) is 5.92 Å². The molecule has 2 aliphatic rings. The molecule has 8 heteroatoms. The minimum Gasteiger partial charge on any atom is -0.508 e. The van der Waals surface area contributed by atoms with Crippen molar-refractivity contribution in [3.63, 3.8) is 0 Å². The Kier molecular flexibility index (Phi) is 8.59. The first-order valence-corrected chi connectivity index (χ1v) is 14.4. The Morgan fingerprint density at radius 2 is 1.74 bits per heavy atom. The van der Waals surface area contributed by atoms with E-state index >= 15 is 0 Å². The molecule has 5 N–H and O–H groups in total. The van der Waals surface area contributed by atoms with E-state index in [0.717, 1.165) is 16.7 Å². The molecule has 0 bridgehead atoms. The number of aromatic hydroxyl groups is 3. The highest BCUT2D eigenvalue weighted by Crippen LogP contribution is 2.39. The minimum atomic E-state index is -0.724. The lowest BCUT2D eigenvalue weighted by molar-refractivity contribution is -0.202. The van der Waals surface area contributed by atoms with Crippen molar-refractivity contribution in [3.8, 4) is 23.0 Å². The molecule has 222 valence electrons. The molecule has 42 heavy (non-hydrogen) atoms. The summed E-state index contributed by atoms with van der Waals surface area (Å²) < 4.78 is 11.7.